The maximum Gasteiger partial charge on any atom is 0.453 e. The molecule has 0 aliphatic heterocycles. The molecule has 0 saturated heterocycles. The Kier molecular flexibility index (Phi) is 44.3. The lowest BCUT2D eigenvalue weighted by atomic mass is 10.0. The van der Waals surface area contributed by atoms with E-state index in [2.05, 4.69) is 0 Å². The van der Waals surface area contributed by atoms with Crippen LogP contribution >= 0.6 is 35.1 Å². The largest absolute Gasteiger partial charge is 0.507 e. The third kappa shape index (κ3) is 24.1. The molecule has 0 radical (unpaired) electrons. The summed E-state index contributed by atoms with van der Waals surface area (Å²) >= 11 is 6.00. The first-order chi connectivity index (χ1) is 46.4. The molecule has 2 N–H and O–H groups in total. The number of aromatic hydroxyl groups is 2. The molecule has 0 fully saturated rings. The summed E-state index contributed by atoms with van der Waals surface area (Å²) in [6.45, 7) is 40.0. The minimum Gasteiger partial charge on any atom is -0.507 e. The Hall–Kier alpha value is -8.61. The van der Waals surface area contributed by atoms with Crippen molar-refractivity contribution in [1.82, 2.24) is 0 Å². The molecule has 0 atom stereocenters. The monoisotopic (exact) mass is 1350 g/mol. The van der Waals surface area contributed by atoms with Gasteiger partial charge in [0.2, 0.25) is 0 Å². The van der Waals surface area contributed by atoms with Crippen LogP contribution in [0.5, 0.6) is 23.0 Å². The van der Waals surface area contributed by atoms with E-state index in [4.69, 9.17) is 45.5 Å². The van der Waals surface area contributed by atoms with E-state index in [1.54, 1.807) is 36.4 Å². The molecule has 94 heavy (non-hydrogen) atoms. The number of phenolic OH excluding ortho intramolecular Hbond substituents is 2. The van der Waals surface area contributed by atoms with Crippen LogP contribution < -0.4 is 9.05 Å². The van der Waals surface area contributed by atoms with Crippen LogP contribution in [-0.4, -0.2) is 10.2 Å². The van der Waals surface area contributed by atoms with Crippen LogP contribution in [0.1, 0.15) is 138 Å². The summed E-state index contributed by atoms with van der Waals surface area (Å²) in [5.41, 5.74) is 7.28. The van der Waals surface area contributed by atoms with Crippen molar-refractivity contribution < 1.29 is 44.4 Å². The Bertz CT molecular complexity index is 3870. The summed E-state index contributed by atoms with van der Waals surface area (Å²) in [4.78, 5) is 0. The lowest BCUT2D eigenvalue weighted by Crippen LogP contribution is -1.89. The fraction of sp³-hybridized carbons (Fsp3) is 0.250. The molecule has 0 amide bonds. The summed E-state index contributed by atoms with van der Waals surface area (Å²) in [5.74, 6) is 1.54. The van der Waals surface area contributed by atoms with Gasteiger partial charge in [-0.05, 0) is 60.7 Å². The standard InChI is InChI=1S/C36H24O6P2.C12H8ClO2P.C12H10O2.10C2H6/c1-7-19-31-25(13-1)26-14-2-8-20-32(26)38-43(37-31)41-35-23-11-5-17-29(35)30-18-6-12-24-36(30)42-44-39-33-21-9-3-15-27(33)28-16-4-10-22-34(28)40-44;13-16-14-11-7-3-1-5-9(11)10-6-2-4-8-12(10)15-16;13-11-7-3-1-5-9(11)10-6-2-4-8-12(10)14;10*1-2/h1-24H;1-8H;1-8,13-14H;10*1-2H3. The second-order valence-corrected chi connectivity index (χ2v) is 20.0. The first-order valence-corrected chi connectivity index (χ1v) is 37.5. The number of phenols is 2. The maximum atomic E-state index is 9.58. The first-order valence-electron chi connectivity index (χ1n) is 33.2. The predicted molar refractivity (Wildman–Crippen MR) is 413 cm³/mol. The topological polar surface area (TPSA) is 138 Å². The predicted octanol–water partition coefficient (Wildman–Crippen LogP) is 30.6. The third-order valence-corrected chi connectivity index (χ3v) is 14.9. The van der Waals surface area contributed by atoms with Gasteiger partial charge in [-0.2, -0.15) is 0 Å². The minimum atomic E-state index is -1.83. The molecule has 14 heteroatoms. The zero-order valence-electron chi connectivity index (χ0n) is 59.0. The number of halogens is 1. The maximum absolute atomic E-state index is 9.58. The molecule has 10 aromatic carbocycles. The van der Waals surface area contributed by atoms with E-state index in [-0.39, 0.29) is 11.5 Å². The molecule has 0 bridgehead atoms. The zero-order valence-corrected chi connectivity index (χ0v) is 62.4. The van der Waals surface area contributed by atoms with Crippen molar-refractivity contribution in [2.24, 2.45) is 0 Å². The average Bonchev–Trinajstić information content (AvgIpc) is 1.77. The molecule has 504 valence electrons. The van der Waals surface area contributed by atoms with E-state index in [1.807, 2.05) is 345 Å². The van der Waals surface area contributed by atoms with Gasteiger partial charge in [-0.15, -0.1) is 0 Å². The van der Waals surface area contributed by atoms with E-state index in [0.717, 1.165) is 54.6 Å². The molecule has 0 saturated carbocycles. The molecule has 0 spiro atoms. The Morgan fingerprint density at radius 2 is 0.415 bits per heavy atom. The Morgan fingerprint density at radius 1 is 0.234 bits per heavy atom. The van der Waals surface area contributed by atoms with Crippen molar-refractivity contribution >= 4 is 101 Å². The fourth-order valence-corrected chi connectivity index (χ4v) is 11.6. The van der Waals surface area contributed by atoms with Gasteiger partial charge in [0.25, 0.3) is 0 Å². The van der Waals surface area contributed by atoms with Crippen molar-refractivity contribution in [3.05, 3.63) is 243 Å². The van der Waals surface area contributed by atoms with Crippen LogP contribution in [0.15, 0.2) is 268 Å². The van der Waals surface area contributed by atoms with E-state index in [0.29, 0.717) is 45.0 Å². The van der Waals surface area contributed by atoms with Crippen LogP contribution in [0, 0.1) is 0 Å². The highest BCUT2D eigenvalue weighted by Crippen LogP contribution is 2.46. The van der Waals surface area contributed by atoms with E-state index >= 15 is 0 Å². The molecular weight excluding hydrogens is 1250 g/mol. The Labute approximate surface area is 568 Å². The molecular formula is C80H102ClO10P3. The summed E-state index contributed by atoms with van der Waals surface area (Å²) in [7, 11) is -5.08. The van der Waals surface area contributed by atoms with Crippen molar-refractivity contribution in [2.75, 3.05) is 0 Å². The van der Waals surface area contributed by atoms with Crippen LogP contribution in [0.3, 0.4) is 0 Å². The number of para-hydroxylation sites is 10. The number of fused-ring (bicyclic) bond motifs is 9. The van der Waals surface area contributed by atoms with Gasteiger partial charge in [0, 0.05) is 65.8 Å². The summed E-state index contributed by atoms with van der Waals surface area (Å²) in [6, 6.07) is 76.5. The highest BCUT2D eigenvalue weighted by molar-refractivity contribution is 7.68. The first kappa shape index (κ1) is 83.4. The lowest BCUT2D eigenvalue weighted by molar-refractivity contribution is 0.469. The SMILES string of the molecule is CC.CC.CC.CC.CC.CC.CC.CC.CC.CC.Clp1oc2ccccc2c2ccccc2o1.Oc1ccccc1-c1ccccc1O.c1ccc(-c2ccccc2Op2oc3ccccc3c3ccccc3o2)c(Op2oc3ccccc3c3ccccc3o2)c1. The summed E-state index contributed by atoms with van der Waals surface area (Å²) in [5, 5.41) is 25.0. The molecule has 13 rings (SSSR count). The van der Waals surface area contributed by atoms with Crippen LogP contribution in [-0.2, 0) is 0 Å². The smallest absolute Gasteiger partial charge is 0.453 e. The lowest BCUT2D eigenvalue weighted by Gasteiger charge is -2.12. The molecule has 0 aliphatic carbocycles. The van der Waals surface area contributed by atoms with Gasteiger partial charge in [0.15, 0.2) is 0 Å². The van der Waals surface area contributed by atoms with Gasteiger partial charge in [0.05, 0.1) is 0 Å². The van der Waals surface area contributed by atoms with E-state index in [1.165, 1.54) is 0 Å². The quantitative estimate of drug-likeness (QED) is 0.165. The van der Waals surface area contributed by atoms with Gasteiger partial charge in [0.1, 0.15) is 56.5 Å². The molecule has 3 aromatic heterocycles. The third-order valence-electron chi connectivity index (χ3n) is 11.7. The molecule has 0 aliphatic rings. The fourth-order valence-electron chi connectivity index (χ4n) is 8.32. The molecule has 10 nitrogen and oxygen atoms in total. The second kappa shape index (κ2) is 50.0. The highest BCUT2D eigenvalue weighted by atomic mass is 35.7. The number of hydrogen-bond donors (Lipinski definition) is 2. The van der Waals surface area contributed by atoms with Gasteiger partial charge >= 0.3 is 23.8 Å². The van der Waals surface area contributed by atoms with Gasteiger partial charge in [-0.25, -0.2) is 0 Å². The number of benzene rings is 10. The van der Waals surface area contributed by atoms with Gasteiger partial charge in [-0.1, -0.05) is 320 Å². The minimum absolute atomic E-state index is 0.175. The van der Waals surface area contributed by atoms with Crippen molar-refractivity contribution in [3.8, 4) is 45.3 Å². The zero-order chi connectivity index (χ0) is 70.2. The normalized spacial score (nSPS) is 9.20. The van der Waals surface area contributed by atoms with Gasteiger partial charge in [-0.3, -0.25) is 0 Å². The van der Waals surface area contributed by atoms with Crippen molar-refractivity contribution in [1.29, 1.82) is 0 Å². The number of hydrogen-bond acceptors (Lipinski definition) is 10. The van der Waals surface area contributed by atoms with Crippen molar-refractivity contribution in [2.45, 2.75) is 138 Å². The van der Waals surface area contributed by atoms with Gasteiger partial charge < -0.3 is 44.4 Å². The summed E-state index contributed by atoms with van der Waals surface area (Å²) in [6.07, 6.45) is 0. The van der Waals surface area contributed by atoms with E-state index < -0.39 is 23.8 Å². The highest BCUT2D eigenvalue weighted by Gasteiger charge is 2.18. The van der Waals surface area contributed by atoms with E-state index in [9.17, 15) is 10.2 Å². The molecule has 13 aromatic rings. The van der Waals surface area contributed by atoms with Crippen LogP contribution in [0.4, 0.5) is 0 Å². The van der Waals surface area contributed by atoms with Crippen LogP contribution in [0.25, 0.3) is 88.1 Å². The number of rotatable bonds is 6. The Morgan fingerprint density at radius 3 is 0.649 bits per heavy atom. The van der Waals surface area contributed by atoms with Crippen molar-refractivity contribution in [3.63, 3.8) is 0 Å². The average molecular weight is 1350 g/mol. The Balaban J connectivity index is 0.000000727. The second-order valence-electron chi connectivity index (χ2n) is 16.4. The molecule has 3 heterocycles. The van der Waals surface area contributed by atoms with Crippen LogP contribution in [0.2, 0.25) is 0 Å². The summed E-state index contributed by atoms with van der Waals surface area (Å²) < 4.78 is 49.4. The molecule has 0 unspecified atom stereocenters.